The molecular weight excluding hydrogens is 534 g/mol. The molecule has 2 aromatic carbocycles. The third-order valence-electron chi connectivity index (χ3n) is 6.27. The molecule has 1 atom stereocenters. The second-order valence-corrected chi connectivity index (χ2v) is 9.82. The van der Waals surface area contributed by atoms with Gasteiger partial charge in [-0.05, 0) is 50.6 Å². The van der Waals surface area contributed by atoms with Gasteiger partial charge in [-0.25, -0.2) is 9.79 Å². The lowest BCUT2D eigenvalue weighted by molar-refractivity contribution is -0.384. The molecule has 2 aromatic heterocycles. The number of benzene rings is 2. The highest BCUT2D eigenvalue weighted by Crippen LogP contribution is 2.32. The van der Waals surface area contributed by atoms with Gasteiger partial charge in [0.25, 0.3) is 11.2 Å². The number of hydrogen-bond acceptors (Lipinski definition) is 9. The molecule has 1 aliphatic heterocycles. The van der Waals surface area contributed by atoms with Crippen LogP contribution in [0.3, 0.4) is 0 Å². The highest BCUT2D eigenvalue weighted by molar-refractivity contribution is 7.07. The Labute approximate surface area is 232 Å². The monoisotopic (exact) mass is 559 g/mol. The molecule has 1 aliphatic rings. The number of allylic oxidation sites excluding steroid dienone is 1. The van der Waals surface area contributed by atoms with Gasteiger partial charge in [0, 0.05) is 23.8 Å². The molecule has 40 heavy (non-hydrogen) atoms. The van der Waals surface area contributed by atoms with E-state index in [1.54, 1.807) is 56.3 Å². The van der Waals surface area contributed by atoms with Crippen LogP contribution >= 0.6 is 11.3 Å². The van der Waals surface area contributed by atoms with E-state index in [2.05, 4.69) is 4.99 Å². The number of thiazole rings is 1. The van der Waals surface area contributed by atoms with Gasteiger partial charge in [-0.15, -0.1) is 0 Å². The van der Waals surface area contributed by atoms with Crippen molar-refractivity contribution in [3.05, 3.63) is 113 Å². The van der Waals surface area contributed by atoms with E-state index in [9.17, 15) is 19.7 Å². The number of carbonyl (C=O) groups is 1. The van der Waals surface area contributed by atoms with Crippen LogP contribution in [0.5, 0.6) is 5.75 Å². The Balaban J connectivity index is 1.60. The fourth-order valence-electron chi connectivity index (χ4n) is 4.51. The number of hydrogen-bond donors (Lipinski definition) is 0. The summed E-state index contributed by atoms with van der Waals surface area (Å²) in [5, 5.41) is 11.1. The third kappa shape index (κ3) is 5.10. The van der Waals surface area contributed by atoms with Gasteiger partial charge in [-0.2, -0.15) is 0 Å². The van der Waals surface area contributed by atoms with Gasteiger partial charge in [-0.1, -0.05) is 35.6 Å². The first-order chi connectivity index (χ1) is 19.3. The summed E-state index contributed by atoms with van der Waals surface area (Å²) >= 11 is 1.18. The Hall–Kier alpha value is -4.77. The van der Waals surface area contributed by atoms with Gasteiger partial charge in [-0.3, -0.25) is 19.5 Å². The maximum Gasteiger partial charge on any atom is 0.338 e. The van der Waals surface area contributed by atoms with Gasteiger partial charge >= 0.3 is 5.97 Å². The van der Waals surface area contributed by atoms with Crippen LogP contribution in [0.1, 0.15) is 38.1 Å². The molecule has 0 aliphatic carbocycles. The van der Waals surface area contributed by atoms with Crippen molar-refractivity contribution in [3.63, 3.8) is 0 Å². The molecule has 11 heteroatoms. The molecule has 0 saturated carbocycles. The average Bonchev–Trinajstić information content (AvgIpc) is 3.53. The van der Waals surface area contributed by atoms with Crippen molar-refractivity contribution < 1.29 is 23.6 Å². The van der Waals surface area contributed by atoms with Crippen LogP contribution in [0.25, 0.3) is 17.4 Å². The fraction of sp³-hybridized carbons (Fsp3) is 0.207. The number of furan rings is 1. The number of rotatable bonds is 8. The van der Waals surface area contributed by atoms with Crippen molar-refractivity contribution in [3.8, 4) is 17.1 Å². The number of carbonyl (C=O) groups excluding carboxylic acids is 1. The summed E-state index contributed by atoms with van der Waals surface area (Å²) in [6.07, 6.45) is 1.60. The summed E-state index contributed by atoms with van der Waals surface area (Å²) in [7, 11) is 0. The van der Waals surface area contributed by atoms with Crippen LogP contribution in [-0.2, 0) is 9.53 Å². The molecule has 4 aromatic rings. The molecule has 0 saturated heterocycles. The molecule has 0 amide bonds. The van der Waals surface area contributed by atoms with Gasteiger partial charge in [0.05, 0.1) is 40.0 Å². The van der Waals surface area contributed by atoms with Crippen LogP contribution in [0.4, 0.5) is 5.69 Å². The molecule has 0 unspecified atom stereocenters. The normalized spacial score (nSPS) is 15.0. The second-order valence-electron chi connectivity index (χ2n) is 8.81. The standard InChI is InChI=1S/C29H25N3O7S/c1-4-37-21-11-9-18(10-12-21)26-25(28(34)38-5-2)17(3)30-29-31(26)27(33)24(40-29)16-22-13-14-23(39-22)19-7-6-8-20(15-19)32(35)36/h6-16,26H,4-5H2,1-3H3/b24-16-/t26-/m1/s1. The van der Waals surface area contributed by atoms with Gasteiger partial charge in [0.2, 0.25) is 0 Å². The largest absolute Gasteiger partial charge is 0.494 e. The minimum atomic E-state index is -0.745. The summed E-state index contributed by atoms with van der Waals surface area (Å²) in [4.78, 5) is 42.5. The molecule has 0 N–H and O–H groups in total. The van der Waals surface area contributed by atoms with Crippen molar-refractivity contribution in [2.75, 3.05) is 13.2 Å². The number of aromatic nitrogens is 1. The Morgan fingerprint density at radius 1 is 1.15 bits per heavy atom. The average molecular weight is 560 g/mol. The van der Waals surface area contributed by atoms with Crippen LogP contribution in [0, 0.1) is 10.1 Å². The van der Waals surface area contributed by atoms with Gasteiger partial charge in [0.15, 0.2) is 4.80 Å². The smallest absolute Gasteiger partial charge is 0.338 e. The van der Waals surface area contributed by atoms with E-state index >= 15 is 0 Å². The zero-order valence-corrected chi connectivity index (χ0v) is 22.8. The quantitative estimate of drug-likeness (QED) is 0.178. The number of nitrogens with zero attached hydrogens (tertiary/aromatic N) is 3. The van der Waals surface area contributed by atoms with Crippen molar-refractivity contribution in [1.82, 2.24) is 4.57 Å². The van der Waals surface area contributed by atoms with E-state index in [1.165, 1.54) is 28.0 Å². The Kier molecular flexibility index (Phi) is 7.47. The van der Waals surface area contributed by atoms with E-state index in [0.717, 1.165) is 0 Å². The molecule has 5 rings (SSSR count). The lowest BCUT2D eigenvalue weighted by atomic mass is 9.96. The van der Waals surface area contributed by atoms with E-state index in [4.69, 9.17) is 13.9 Å². The summed E-state index contributed by atoms with van der Waals surface area (Å²) in [5.41, 5.74) is 1.61. The first-order valence-corrected chi connectivity index (χ1v) is 13.4. The topological polar surface area (TPSA) is 126 Å². The summed E-state index contributed by atoms with van der Waals surface area (Å²) < 4.78 is 18.7. The summed E-state index contributed by atoms with van der Waals surface area (Å²) in [6.45, 7) is 6.03. The highest BCUT2D eigenvalue weighted by Gasteiger charge is 2.33. The number of ether oxygens (including phenoxy) is 2. The van der Waals surface area contributed by atoms with Crippen LogP contribution < -0.4 is 19.6 Å². The van der Waals surface area contributed by atoms with Crippen molar-refractivity contribution in [2.24, 2.45) is 4.99 Å². The van der Waals surface area contributed by atoms with Crippen molar-refractivity contribution in [2.45, 2.75) is 26.8 Å². The molecule has 204 valence electrons. The molecule has 0 spiro atoms. The van der Waals surface area contributed by atoms with Crippen LogP contribution in [0.2, 0.25) is 0 Å². The highest BCUT2D eigenvalue weighted by atomic mass is 32.1. The second kappa shape index (κ2) is 11.1. The van der Waals surface area contributed by atoms with E-state index in [0.29, 0.717) is 50.0 Å². The lowest BCUT2D eigenvalue weighted by Crippen LogP contribution is -2.39. The van der Waals surface area contributed by atoms with Crippen molar-refractivity contribution in [1.29, 1.82) is 0 Å². The number of fused-ring (bicyclic) bond motifs is 1. The van der Waals surface area contributed by atoms with Crippen molar-refractivity contribution >= 4 is 29.1 Å². The molecule has 0 bridgehead atoms. The zero-order chi connectivity index (χ0) is 28.4. The SMILES string of the molecule is CCOC(=O)C1=C(C)N=c2s/c(=C\c3ccc(-c4cccc([N+](=O)[O-])c4)o3)c(=O)n2[C@@H]1c1ccc(OCC)cc1. The van der Waals surface area contributed by atoms with E-state index < -0.39 is 16.9 Å². The summed E-state index contributed by atoms with van der Waals surface area (Å²) in [5.74, 6) is 0.958. The van der Waals surface area contributed by atoms with E-state index in [1.807, 2.05) is 19.1 Å². The third-order valence-corrected chi connectivity index (χ3v) is 7.25. The first-order valence-electron chi connectivity index (χ1n) is 12.6. The number of nitro benzene ring substituents is 1. The number of non-ortho nitro benzene ring substituents is 1. The predicted octanol–water partition coefficient (Wildman–Crippen LogP) is 4.37. The maximum atomic E-state index is 13.8. The van der Waals surface area contributed by atoms with Crippen LogP contribution in [0.15, 0.2) is 86.1 Å². The first kappa shape index (κ1) is 26.8. The Morgan fingerprint density at radius 3 is 2.62 bits per heavy atom. The molecule has 0 radical (unpaired) electrons. The predicted molar refractivity (Wildman–Crippen MR) is 149 cm³/mol. The van der Waals surface area contributed by atoms with Crippen LogP contribution in [-0.4, -0.2) is 28.7 Å². The summed E-state index contributed by atoms with van der Waals surface area (Å²) in [6, 6.07) is 16.0. The lowest BCUT2D eigenvalue weighted by Gasteiger charge is -2.24. The zero-order valence-electron chi connectivity index (χ0n) is 22.0. The Bertz CT molecular complexity index is 1810. The molecular formula is C29H25N3O7S. The molecule has 3 heterocycles. The Morgan fingerprint density at radius 2 is 1.93 bits per heavy atom. The fourth-order valence-corrected chi connectivity index (χ4v) is 5.53. The van der Waals surface area contributed by atoms with Gasteiger partial charge in [0.1, 0.15) is 17.3 Å². The molecule has 0 fully saturated rings. The number of esters is 1. The molecule has 10 nitrogen and oxygen atoms in total. The maximum absolute atomic E-state index is 13.8. The minimum absolute atomic E-state index is 0.0502. The number of nitro groups is 1. The van der Waals surface area contributed by atoms with Gasteiger partial charge < -0.3 is 13.9 Å². The van der Waals surface area contributed by atoms with E-state index in [-0.39, 0.29) is 23.4 Å². The minimum Gasteiger partial charge on any atom is -0.494 e.